The van der Waals surface area contributed by atoms with E-state index in [-0.39, 0.29) is 6.42 Å². The zero-order chi connectivity index (χ0) is 9.68. The molecule has 13 heavy (non-hydrogen) atoms. The standard InChI is InChI=1S/C8H11NO2S2/c1-6(2-3-7(10)11)13-8-9-4-5-12-8/h4-6H,2-3H2,1H3,(H,10,11). The molecule has 0 radical (unpaired) electrons. The molecule has 1 aromatic heterocycles. The van der Waals surface area contributed by atoms with E-state index in [0.29, 0.717) is 11.7 Å². The van der Waals surface area contributed by atoms with Crippen LogP contribution in [0, 0.1) is 0 Å². The Morgan fingerprint density at radius 1 is 1.85 bits per heavy atom. The van der Waals surface area contributed by atoms with E-state index in [1.165, 1.54) is 0 Å². The minimum atomic E-state index is -0.730. The summed E-state index contributed by atoms with van der Waals surface area (Å²) in [6, 6.07) is 0. The van der Waals surface area contributed by atoms with Crippen molar-refractivity contribution in [2.75, 3.05) is 0 Å². The molecule has 1 N–H and O–H groups in total. The van der Waals surface area contributed by atoms with Gasteiger partial charge < -0.3 is 5.11 Å². The highest BCUT2D eigenvalue weighted by Crippen LogP contribution is 2.27. The molecule has 1 heterocycles. The van der Waals surface area contributed by atoms with Crippen molar-refractivity contribution in [1.29, 1.82) is 0 Å². The van der Waals surface area contributed by atoms with Crippen LogP contribution in [0.3, 0.4) is 0 Å². The van der Waals surface area contributed by atoms with Crippen molar-refractivity contribution in [1.82, 2.24) is 4.98 Å². The number of hydrogen-bond donors (Lipinski definition) is 1. The van der Waals surface area contributed by atoms with Crippen LogP contribution in [0.2, 0.25) is 0 Å². The van der Waals surface area contributed by atoms with Crippen LogP contribution < -0.4 is 0 Å². The molecule has 3 nitrogen and oxygen atoms in total. The Labute approximate surface area is 85.2 Å². The minimum Gasteiger partial charge on any atom is -0.481 e. The molecule has 1 unspecified atom stereocenters. The van der Waals surface area contributed by atoms with Gasteiger partial charge in [0.15, 0.2) is 0 Å². The van der Waals surface area contributed by atoms with Gasteiger partial charge in [-0.05, 0) is 6.42 Å². The van der Waals surface area contributed by atoms with E-state index in [2.05, 4.69) is 4.98 Å². The number of nitrogens with zero attached hydrogens (tertiary/aromatic N) is 1. The third kappa shape index (κ3) is 4.28. The molecule has 0 aliphatic carbocycles. The number of aliphatic carboxylic acids is 1. The van der Waals surface area contributed by atoms with Gasteiger partial charge >= 0.3 is 5.97 Å². The third-order valence-corrected chi connectivity index (χ3v) is 3.56. The van der Waals surface area contributed by atoms with Gasteiger partial charge in [0.2, 0.25) is 0 Å². The summed E-state index contributed by atoms with van der Waals surface area (Å²) in [5.41, 5.74) is 0. The molecule has 1 rings (SSSR count). The molecule has 0 aliphatic heterocycles. The Hall–Kier alpha value is -0.550. The Bertz CT molecular complexity index is 261. The first-order valence-electron chi connectivity index (χ1n) is 3.96. The van der Waals surface area contributed by atoms with E-state index in [4.69, 9.17) is 5.11 Å². The number of hydrogen-bond acceptors (Lipinski definition) is 4. The van der Waals surface area contributed by atoms with Crippen LogP contribution in [0.5, 0.6) is 0 Å². The van der Waals surface area contributed by atoms with Crippen molar-refractivity contribution in [2.45, 2.75) is 29.4 Å². The van der Waals surface area contributed by atoms with Crippen LogP contribution in [0.25, 0.3) is 0 Å². The zero-order valence-electron chi connectivity index (χ0n) is 7.27. The average molecular weight is 217 g/mol. The average Bonchev–Trinajstić information content (AvgIpc) is 2.53. The van der Waals surface area contributed by atoms with Crippen molar-refractivity contribution < 1.29 is 9.90 Å². The zero-order valence-corrected chi connectivity index (χ0v) is 8.90. The van der Waals surface area contributed by atoms with Gasteiger partial charge in [0.25, 0.3) is 0 Å². The predicted molar refractivity (Wildman–Crippen MR) is 54.3 cm³/mol. The Balaban J connectivity index is 2.25. The van der Waals surface area contributed by atoms with Gasteiger partial charge in [-0.2, -0.15) is 0 Å². The summed E-state index contributed by atoms with van der Waals surface area (Å²) >= 11 is 3.23. The first kappa shape index (κ1) is 10.5. The lowest BCUT2D eigenvalue weighted by Crippen LogP contribution is -2.01. The van der Waals surface area contributed by atoms with Gasteiger partial charge in [0.05, 0.1) is 0 Å². The second kappa shape index (κ2) is 5.24. The van der Waals surface area contributed by atoms with E-state index in [1.807, 2.05) is 12.3 Å². The van der Waals surface area contributed by atoms with Crippen LogP contribution in [0.1, 0.15) is 19.8 Å². The molecule has 0 aliphatic rings. The van der Waals surface area contributed by atoms with E-state index >= 15 is 0 Å². The molecular formula is C8H11NO2S2. The van der Waals surface area contributed by atoms with Crippen molar-refractivity contribution in [2.24, 2.45) is 0 Å². The van der Waals surface area contributed by atoms with Gasteiger partial charge in [-0.1, -0.05) is 18.7 Å². The van der Waals surface area contributed by atoms with Crippen molar-refractivity contribution in [3.63, 3.8) is 0 Å². The fraction of sp³-hybridized carbons (Fsp3) is 0.500. The van der Waals surface area contributed by atoms with E-state index in [1.54, 1.807) is 29.3 Å². The number of carboxylic acids is 1. The summed E-state index contributed by atoms with van der Waals surface area (Å²) in [5, 5.41) is 10.7. The molecule has 72 valence electrons. The lowest BCUT2D eigenvalue weighted by atomic mass is 10.2. The largest absolute Gasteiger partial charge is 0.481 e. The normalized spacial score (nSPS) is 12.7. The van der Waals surface area contributed by atoms with Crippen molar-refractivity contribution in [3.8, 4) is 0 Å². The predicted octanol–water partition coefficient (Wildman–Crippen LogP) is 2.49. The molecule has 0 spiro atoms. The lowest BCUT2D eigenvalue weighted by Gasteiger charge is -2.05. The number of carbonyl (C=O) groups is 1. The number of rotatable bonds is 5. The fourth-order valence-corrected chi connectivity index (χ4v) is 2.77. The SMILES string of the molecule is CC(CCC(=O)O)Sc1nccs1. The maximum atomic E-state index is 10.3. The lowest BCUT2D eigenvalue weighted by molar-refractivity contribution is -0.137. The fourth-order valence-electron chi connectivity index (χ4n) is 0.826. The molecule has 5 heteroatoms. The molecule has 0 saturated carbocycles. The van der Waals surface area contributed by atoms with Crippen LogP contribution >= 0.6 is 23.1 Å². The monoisotopic (exact) mass is 217 g/mol. The molecule has 1 atom stereocenters. The van der Waals surface area contributed by atoms with E-state index in [0.717, 1.165) is 4.34 Å². The number of aromatic nitrogens is 1. The summed E-state index contributed by atoms with van der Waals surface area (Å²) < 4.78 is 1.01. The van der Waals surface area contributed by atoms with Gasteiger partial charge in [0.1, 0.15) is 4.34 Å². The van der Waals surface area contributed by atoms with Crippen molar-refractivity contribution in [3.05, 3.63) is 11.6 Å². The summed E-state index contributed by atoms with van der Waals surface area (Å²) in [5.74, 6) is -0.730. The molecule has 1 aromatic rings. The number of thioether (sulfide) groups is 1. The summed E-state index contributed by atoms with van der Waals surface area (Å²) in [4.78, 5) is 14.4. The van der Waals surface area contributed by atoms with Crippen molar-refractivity contribution >= 4 is 29.1 Å². The maximum Gasteiger partial charge on any atom is 0.303 e. The highest BCUT2D eigenvalue weighted by atomic mass is 32.2. The highest BCUT2D eigenvalue weighted by Gasteiger charge is 2.08. The maximum absolute atomic E-state index is 10.3. The molecule has 0 amide bonds. The summed E-state index contributed by atoms with van der Waals surface area (Å²) in [6.07, 6.45) is 2.69. The van der Waals surface area contributed by atoms with Gasteiger partial charge in [-0.3, -0.25) is 4.79 Å². The van der Waals surface area contributed by atoms with E-state index in [9.17, 15) is 4.79 Å². The van der Waals surface area contributed by atoms with Crippen LogP contribution in [0.15, 0.2) is 15.9 Å². The smallest absolute Gasteiger partial charge is 0.303 e. The molecular weight excluding hydrogens is 206 g/mol. The molecule has 0 saturated heterocycles. The Morgan fingerprint density at radius 3 is 3.15 bits per heavy atom. The highest BCUT2D eigenvalue weighted by molar-refractivity contribution is 8.01. The van der Waals surface area contributed by atoms with Crippen LogP contribution in [-0.4, -0.2) is 21.3 Å². The molecule has 0 aromatic carbocycles. The first-order chi connectivity index (χ1) is 6.18. The van der Waals surface area contributed by atoms with Gasteiger partial charge in [0, 0.05) is 23.2 Å². The number of carboxylic acid groups (broad SMARTS) is 1. The van der Waals surface area contributed by atoms with Gasteiger partial charge in [-0.15, -0.1) is 11.3 Å². The summed E-state index contributed by atoms with van der Waals surface area (Å²) in [7, 11) is 0. The molecule has 0 bridgehead atoms. The second-order valence-electron chi connectivity index (χ2n) is 2.66. The van der Waals surface area contributed by atoms with E-state index < -0.39 is 5.97 Å². The Morgan fingerprint density at radius 2 is 2.62 bits per heavy atom. The third-order valence-electron chi connectivity index (χ3n) is 1.48. The summed E-state index contributed by atoms with van der Waals surface area (Å²) in [6.45, 7) is 2.02. The molecule has 0 fully saturated rings. The second-order valence-corrected chi connectivity index (χ2v) is 5.24. The number of thiazole rings is 1. The Kier molecular flexibility index (Phi) is 4.24. The van der Waals surface area contributed by atoms with Crippen LogP contribution in [0.4, 0.5) is 0 Å². The van der Waals surface area contributed by atoms with Gasteiger partial charge in [-0.25, -0.2) is 4.98 Å². The first-order valence-corrected chi connectivity index (χ1v) is 5.72. The van der Waals surface area contributed by atoms with Crippen LogP contribution in [-0.2, 0) is 4.79 Å². The topological polar surface area (TPSA) is 50.2 Å². The quantitative estimate of drug-likeness (QED) is 0.770. The minimum absolute atomic E-state index is 0.236.